The molecule has 1 aliphatic rings. The summed E-state index contributed by atoms with van der Waals surface area (Å²) in [5, 5.41) is 2.84. The summed E-state index contributed by atoms with van der Waals surface area (Å²) in [6.45, 7) is 0.706. The maximum absolute atomic E-state index is 11.0. The number of aromatic nitrogens is 1. The first kappa shape index (κ1) is 8.19. The van der Waals surface area contributed by atoms with Crippen LogP contribution in [0.1, 0.15) is 11.6 Å². The van der Waals surface area contributed by atoms with Crippen molar-refractivity contribution in [2.45, 2.75) is 6.04 Å². The lowest BCUT2D eigenvalue weighted by Crippen LogP contribution is -2.39. The molecule has 1 amide bonds. The lowest BCUT2D eigenvalue weighted by Gasteiger charge is -2.23. The number of pyridine rings is 1. The molecule has 4 nitrogen and oxygen atoms in total. The first-order valence-electron chi connectivity index (χ1n) is 4.13. The van der Waals surface area contributed by atoms with Crippen molar-refractivity contribution >= 4 is 5.91 Å². The van der Waals surface area contributed by atoms with Crippen molar-refractivity contribution in [1.82, 2.24) is 10.3 Å². The van der Waals surface area contributed by atoms with Crippen LogP contribution in [0.5, 0.6) is 0 Å². The van der Waals surface area contributed by atoms with Gasteiger partial charge in [-0.15, -0.1) is 0 Å². The minimum Gasteiger partial charge on any atom is -0.369 e. The van der Waals surface area contributed by atoms with Gasteiger partial charge in [-0.05, 0) is 17.7 Å². The van der Waals surface area contributed by atoms with Gasteiger partial charge in [-0.2, -0.15) is 0 Å². The average molecular weight is 178 g/mol. The highest BCUT2D eigenvalue weighted by Gasteiger charge is 2.19. The van der Waals surface area contributed by atoms with Crippen molar-refractivity contribution < 1.29 is 9.53 Å². The Morgan fingerprint density at radius 3 is 2.92 bits per heavy atom. The normalized spacial score (nSPS) is 22.5. The van der Waals surface area contributed by atoms with Gasteiger partial charge in [0, 0.05) is 12.4 Å². The largest absolute Gasteiger partial charge is 0.369 e. The van der Waals surface area contributed by atoms with Crippen LogP contribution in [0.3, 0.4) is 0 Å². The highest BCUT2D eigenvalue weighted by molar-refractivity contribution is 5.78. The van der Waals surface area contributed by atoms with Gasteiger partial charge >= 0.3 is 0 Å². The van der Waals surface area contributed by atoms with Gasteiger partial charge in [-0.25, -0.2) is 0 Å². The van der Waals surface area contributed by atoms with Crippen LogP contribution < -0.4 is 5.32 Å². The van der Waals surface area contributed by atoms with Crippen molar-refractivity contribution in [3.8, 4) is 0 Å². The molecular weight excluding hydrogens is 168 g/mol. The van der Waals surface area contributed by atoms with Crippen LogP contribution >= 0.6 is 0 Å². The molecule has 0 spiro atoms. The van der Waals surface area contributed by atoms with E-state index in [1.807, 2.05) is 12.1 Å². The van der Waals surface area contributed by atoms with Crippen molar-refractivity contribution in [2.75, 3.05) is 13.2 Å². The number of carbonyl (C=O) groups excluding carboxylic acids is 1. The number of ether oxygens (including phenoxy) is 1. The minimum absolute atomic E-state index is 0.0238. The van der Waals surface area contributed by atoms with Crippen LogP contribution in [0.4, 0.5) is 0 Å². The molecule has 0 aliphatic carbocycles. The number of rotatable bonds is 1. The van der Waals surface area contributed by atoms with Gasteiger partial charge in [0.25, 0.3) is 0 Å². The summed E-state index contributed by atoms with van der Waals surface area (Å²) < 4.78 is 5.12. The molecule has 1 saturated heterocycles. The Balaban J connectivity index is 2.13. The van der Waals surface area contributed by atoms with Gasteiger partial charge in [0.15, 0.2) is 0 Å². The van der Waals surface area contributed by atoms with E-state index in [1.165, 1.54) is 0 Å². The Morgan fingerprint density at radius 1 is 1.46 bits per heavy atom. The summed E-state index contributed by atoms with van der Waals surface area (Å²) in [5.41, 5.74) is 1.03. The van der Waals surface area contributed by atoms with Crippen molar-refractivity contribution in [1.29, 1.82) is 0 Å². The van der Waals surface area contributed by atoms with E-state index < -0.39 is 0 Å². The molecule has 1 aromatic heterocycles. The lowest BCUT2D eigenvalue weighted by molar-refractivity contribution is -0.131. The summed E-state index contributed by atoms with van der Waals surface area (Å²) >= 11 is 0. The molecule has 1 aliphatic heterocycles. The third kappa shape index (κ3) is 1.84. The number of hydrogen-bond acceptors (Lipinski definition) is 3. The number of amides is 1. The predicted molar refractivity (Wildman–Crippen MR) is 45.9 cm³/mol. The van der Waals surface area contributed by atoms with E-state index in [2.05, 4.69) is 10.3 Å². The first-order valence-corrected chi connectivity index (χ1v) is 4.13. The number of morpholine rings is 1. The summed E-state index contributed by atoms with van der Waals surface area (Å²) in [6.07, 6.45) is 3.41. The van der Waals surface area contributed by atoms with Gasteiger partial charge in [0.1, 0.15) is 6.61 Å². The molecule has 0 bridgehead atoms. The second-order valence-electron chi connectivity index (χ2n) is 2.92. The molecule has 1 N–H and O–H groups in total. The summed E-state index contributed by atoms with van der Waals surface area (Å²) in [6, 6.07) is 3.73. The van der Waals surface area contributed by atoms with Crippen LogP contribution in [0.2, 0.25) is 0 Å². The van der Waals surface area contributed by atoms with Gasteiger partial charge in [-0.1, -0.05) is 0 Å². The fraction of sp³-hybridized carbons (Fsp3) is 0.333. The Labute approximate surface area is 75.9 Å². The van der Waals surface area contributed by atoms with Crippen molar-refractivity contribution in [2.24, 2.45) is 0 Å². The number of carbonyl (C=O) groups is 1. The third-order valence-electron chi connectivity index (χ3n) is 1.96. The van der Waals surface area contributed by atoms with Crippen LogP contribution in [-0.4, -0.2) is 24.1 Å². The predicted octanol–water partition coefficient (Wildman–Crippen LogP) is 0.269. The quantitative estimate of drug-likeness (QED) is 0.671. The molecule has 1 atom stereocenters. The molecule has 0 aromatic carbocycles. The van der Waals surface area contributed by atoms with E-state index in [4.69, 9.17) is 4.74 Å². The topological polar surface area (TPSA) is 51.2 Å². The van der Waals surface area contributed by atoms with Gasteiger partial charge in [0.05, 0.1) is 12.6 Å². The molecule has 4 heteroatoms. The molecule has 0 saturated carbocycles. The highest BCUT2D eigenvalue weighted by atomic mass is 16.5. The zero-order valence-corrected chi connectivity index (χ0v) is 7.06. The van der Waals surface area contributed by atoms with E-state index in [9.17, 15) is 4.79 Å². The second-order valence-corrected chi connectivity index (χ2v) is 2.92. The lowest BCUT2D eigenvalue weighted by atomic mass is 10.1. The molecule has 0 unspecified atom stereocenters. The van der Waals surface area contributed by atoms with Gasteiger partial charge in [0.2, 0.25) is 5.91 Å². The van der Waals surface area contributed by atoms with E-state index in [0.29, 0.717) is 6.61 Å². The SMILES string of the molecule is O=C1COC[C@@H](c2ccncc2)N1. The molecule has 1 aromatic rings. The first-order chi connectivity index (χ1) is 6.36. The zero-order chi connectivity index (χ0) is 9.10. The molecule has 2 heterocycles. The van der Waals surface area contributed by atoms with Crippen LogP contribution in [-0.2, 0) is 9.53 Å². The van der Waals surface area contributed by atoms with Gasteiger partial charge < -0.3 is 10.1 Å². The molecule has 1 fully saturated rings. The Hall–Kier alpha value is -1.42. The fourth-order valence-corrected chi connectivity index (χ4v) is 1.32. The number of nitrogens with one attached hydrogen (secondary N) is 1. The highest BCUT2D eigenvalue weighted by Crippen LogP contribution is 2.14. The van der Waals surface area contributed by atoms with Crippen LogP contribution in [0.25, 0.3) is 0 Å². The molecular formula is C9H10N2O2. The Kier molecular flexibility index (Phi) is 2.23. The number of hydrogen-bond donors (Lipinski definition) is 1. The van der Waals surface area contributed by atoms with E-state index in [1.54, 1.807) is 12.4 Å². The fourth-order valence-electron chi connectivity index (χ4n) is 1.32. The van der Waals surface area contributed by atoms with E-state index in [0.717, 1.165) is 5.56 Å². The Bertz CT molecular complexity index is 300. The second kappa shape index (κ2) is 3.53. The molecule has 2 rings (SSSR count). The standard InChI is InChI=1S/C9H10N2O2/c12-9-6-13-5-8(11-9)7-1-3-10-4-2-7/h1-4,8H,5-6H2,(H,11,12)/t8-/m0/s1. The summed E-state index contributed by atoms with van der Waals surface area (Å²) in [4.78, 5) is 14.9. The van der Waals surface area contributed by atoms with Crippen molar-refractivity contribution in [3.05, 3.63) is 30.1 Å². The number of nitrogens with zero attached hydrogens (tertiary/aromatic N) is 1. The maximum Gasteiger partial charge on any atom is 0.246 e. The average Bonchev–Trinajstić information content (AvgIpc) is 2.19. The smallest absolute Gasteiger partial charge is 0.246 e. The minimum atomic E-state index is -0.0620. The van der Waals surface area contributed by atoms with E-state index >= 15 is 0 Å². The van der Waals surface area contributed by atoms with E-state index in [-0.39, 0.29) is 18.6 Å². The van der Waals surface area contributed by atoms with Crippen molar-refractivity contribution in [3.63, 3.8) is 0 Å². The molecule has 13 heavy (non-hydrogen) atoms. The van der Waals surface area contributed by atoms with Crippen LogP contribution in [0, 0.1) is 0 Å². The summed E-state index contributed by atoms with van der Waals surface area (Å²) in [5.74, 6) is -0.0620. The Morgan fingerprint density at radius 2 is 2.23 bits per heavy atom. The monoisotopic (exact) mass is 178 g/mol. The van der Waals surface area contributed by atoms with Gasteiger partial charge in [-0.3, -0.25) is 9.78 Å². The molecule has 68 valence electrons. The molecule has 0 radical (unpaired) electrons. The maximum atomic E-state index is 11.0. The van der Waals surface area contributed by atoms with Crippen LogP contribution in [0.15, 0.2) is 24.5 Å². The zero-order valence-electron chi connectivity index (χ0n) is 7.06. The summed E-state index contributed by atoms with van der Waals surface area (Å²) in [7, 11) is 0. The third-order valence-corrected chi connectivity index (χ3v) is 1.96.